The summed E-state index contributed by atoms with van der Waals surface area (Å²) in [4.78, 5) is 16.3. The molecule has 0 spiro atoms. The van der Waals surface area contributed by atoms with Crippen molar-refractivity contribution in [3.8, 4) is 10.6 Å². The maximum Gasteiger partial charge on any atom is 0.270 e. The van der Waals surface area contributed by atoms with Crippen molar-refractivity contribution in [1.29, 1.82) is 0 Å². The fourth-order valence-corrected chi connectivity index (χ4v) is 2.68. The van der Waals surface area contributed by atoms with Gasteiger partial charge in [0.15, 0.2) is 0 Å². The van der Waals surface area contributed by atoms with Crippen LogP contribution in [0.3, 0.4) is 0 Å². The standard InChI is InChI=1S/C15H17FN2O2S/c1-10(3-2-8-19)17-14(20)13-9-21-15(18-13)11-4-6-12(16)7-5-11/h4-7,9-10,19H,2-3,8H2,1H3,(H,17,20). The molecule has 1 amide bonds. The van der Waals surface area contributed by atoms with Gasteiger partial charge in [0.05, 0.1) is 0 Å². The van der Waals surface area contributed by atoms with Crippen molar-refractivity contribution in [1.82, 2.24) is 10.3 Å². The lowest BCUT2D eigenvalue weighted by atomic mass is 10.2. The second-order valence-electron chi connectivity index (χ2n) is 4.79. The topological polar surface area (TPSA) is 62.2 Å². The van der Waals surface area contributed by atoms with Gasteiger partial charge in [-0.1, -0.05) is 0 Å². The van der Waals surface area contributed by atoms with Gasteiger partial charge in [-0.15, -0.1) is 11.3 Å². The first-order chi connectivity index (χ1) is 10.1. The second-order valence-corrected chi connectivity index (χ2v) is 5.64. The fraction of sp³-hybridized carbons (Fsp3) is 0.333. The molecule has 1 atom stereocenters. The molecule has 0 aliphatic carbocycles. The Hall–Kier alpha value is -1.79. The zero-order valence-corrected chi connectivity index (χ0v) is 12.5. The fourth-order valence-electron chi connectivity index (χ4n) is 1.87. The Bertz CT molecular complexity index is 598. The summed E-state index contributed by atoms with van der Waals surface area (Å²) in [5, 5.41) is 14.0. The number of aliphatic hydroxyl groups excluding tert-OH is 1. The van der Waals surface area contributed by atoms with Crippen LogP contribution < -0.4 is 5.32 Å². The quantitative estimate of drug-likeness (QED) is 0.862. The van der Waals surface area contributed by atoms with E-state index in [4.69, 9.17) is 5.11 Å². The number of nitrogens with one attached hydrogen (secondary N) is 1. The van der Waals surface area contributed by atoms with E-state index in [0.29, 0.717) is 17.1 Å². The predicted molar refractivity (Wildman–Crippen MR) is 80.8 cm³/mol. The summed E-state index contributed by atoms with van der Waals surface area (Å²) in [5.74, 6) is -0.531. The number of carbonyl (C=O) groups is 1. The van der Waals surface area contributed by atoms with E-state index in [1.807, 2.05) is 6.92 Å². The van der Waals surface area contributed by atoms with Crippen molar-refractivity contribution >= 4 is 17.2 Å². The van der Waals surface area contributed by atoms with Gasteiger partial charge in [0.1, 0.15) is 16.5 Å². The third-order valence-corrected chi connectivity index (χ3v) is 3.89. The Labute approximate surface area is 126 Å². The highest BCUT2D eigenvalue weighted by Gasteiger charge is 2.14. The summed E-state index contributed by atoms with van der Waals surface area (Å²) in [6.07, 6.45) is 1.37. The van der Waals surface area contributed by atoms with Gasteiger partial charge in [-0.3, -0.25) is 4.79 Å². The number of nitrogens with zero attached hydrogens (tertiary/aromatic N) is 1. The maximum absolute atomic E-state index is 12.9. The van der Waals surface area contributed by atoms with Crippen LogP contribution >= 0.6 is 11.3 Å². The molecule has 0 saturated carbocycles. The van der Waals surface area contributed by atoms with Gasteiger partial charge in [-0.05, 0) is 44.0 Å². The number of aliphatic hydroxyl groups is 1. The van der Waals surface area contributed by atoms with E-state index >= 15 is 0 Å². The molecule has 6 heteroatoms. The van der Waals surface area contributed by atoms with Crippen molar-refractivity contribution in [2.24, 2.45) is 0 Å². The number of thiazole rings is 1. The number of halogens is 1. The molecule has 0 aliphatic rings. The number of aromatic nitrogens is 1. The molecule has 1 unspecified atom stereocenters. The van der Waals surface area contributed by atoms with Crippen LogP contribution in [-0.4, -0.2) is 28.6 Å². The van der Waals surface area contributed by atoms with E-state index in [0.717, 1.165) is 12.0 Å². The summed E-state index contributed by atoms with van der Waals surface area (Å²) in [7, 11) is 0. The highest BCUT2D eigenvalue weighted by molar-refractivity contribution is 7.13. The summed E-state index contributed by atoms with van der Waals surface area (Å²) >= 11 is 1.35. The zero-order valence-electron chi connectivity index (χ0n) is 11.7. The number of amides is 1. The van der Waals surface area contributed by atoms with Crippen LogP contribution in [0.4, 0.5) is 4.39 Å². The normalized spacial score (nSPS) is 12.1. The minimum Gasteiger partial charge on any atom is -0.396 e. The second kappa shape index (κ2) is 7.28. The molecule has 112 valence electrons. The van der Waals surface area contributed by atoms with Gasteiger partial charge >= 0.3 is 0 Å². The molecule has 21 heavy (non-hydrogen) atoms. The first-order valence-corrected chi connectivity index (χ1v) is 7.61. The van der Waals surface area contributed by atoms with E-state index in [9.17, 15) is 9.18 Å². The Morgan fingerprint density at radius 2 is 2.14 bits per heavy atom. The van der Waals surface area contributed by atoms with Gasteiger partial charge in [0.2, 0.25) is 0 Å². The smallest absolute Gasteiger partial charge is 0.270 e. The number of hydrogen-bond donors (Lipinski definition) is 2. The van der Waals surface area contributed by atoms with E-state index < -0.39 is 0 Å². The highest BCUT2D eigenvalue weighted by Crippen LogP contribution is 2.23. The molecular formula is C15H17FN2O2S. The van der Waals surface area contributed by atoms with Crippen LogP contribution in [0.15, 0.2) is 29.6 Å². The number of benzene rings is 1. The van der Waals surface area contributed by atoms with Gasteiger partial charge in [0.25, 0.3) is 5.91 Å². The molecule has 2 aromatic rings. The monoisotopic (exact) mass is 308 g/mol. The summed E-state index contributed by atoms with van der Waals surface area (Å²) in [6, 6.07) is 6.00. The molecule has 0 aliphatic heterocycles. The van der Waals surface area contributed by atoms with Crippen molar-refractivity contribution < 1.29 is 14.3 Å². The first-order valence-electron chi connectivity index (χ1n) is 6.73. The molecule has 1 aromatic carbocycles. The molecule has 2 N–H and O–H groups in total. The predicted octanol–water partition coefficient (Wildman–Crippen LogP) is 2.84. The van der Waals surface area contributed by atoms with Crippen LogP contribution in [0.1, 0.15) is 30.3 Å². The lowest BCUT2D eigenvalue weighted by Gasteiger charge is -2.11. The number of rotatable bonds is 6. The molecule has 0 saturated heterocycles. The van der Waals surface area contributed by atoms with E-state index in [1.54, 1.807) is 17.5 Å². The number of hydrogen-bond acceptors (Lipinski definition) is 4. The highest BCUT2D eigenvalue weighted by atomic mass is 32.1. The molecule has 1 aromatic heterocycles. The summed E-state index contributed by atoms with van der Waals surface area (Å²) in [5.41, 5.74) is 1.14. The SMILES string of the molecule is CC(CCCO)NC(=O)c1csc(-c2ccc(F)cc2)n1. The molecular weight excluding hydrogens is 291 g/mol. The van der Waals surface area contributed by atoms with E-state index in [-0.39, 0.29) is 24.4 Å². The minimum absolute atomic E-state index is 0.0133. The maximum atomic E-state index is 12.9. The van der Waals surface area contributed by atoms with Crippen LogP contribution in [0.25, 0.3) is 10.6 Å². The molecule has 0 fully saturated rings. The lowest BCUT2D eigenvalue weighted by molar-refractivity contribution is 0.0932. The van der Waals surface area contributed by atoms with E-state index in [2.05, 4.69) is 10.3 Å². The summed E-state index contributed by atoms with van der Waals surface area (Å²) in [6.45, 7) is 2.01. The van der Waals surface area contributed by atoms with Gasteiger partial charge in [-0.2, -0.15) is 0 Å². The lowest BCUT2D eigenvalue weighted by Crippen LogP contribution is -2.32. The number of carbonyl (C=O) groups excluding carboxylic acids is 1. The Morgan fingerprint density at radius 3 is 2.81 bits per heavy atom. The molecule has 2 rings (SSSR count). The summed E-state index contributed by atoms with van der Waals surface area (Å²) < 4.78 is 12.9. The average Bonchev–Trinajstić information content (AvgIpc) is 2.96. The van der Waals surface area contributed by atoms with Gasteiger partial charge in [0, 0.05) is 23.6 Å². The largest absolute Gasteiger partial charge is 0.396 e. The zero-order chi connectivity index (χ0) is 15.2. The van der Waals surface area contributed by atoms with E-state index in [1.165, 1.54) is 23.5 Å². The van der Waals surface area contributed by atoms with Crippen molar-refractivity contribution in [3.63, 3.8) is 0 Å². The molecule has 4 nitrogen and oxygen atoms in total. The van der Waals surface area contributed by atoms with Gasteiger partial charge in [-0.25, -0.2) is 9.37 Å². The van der Waals surface area contributed by atoms with Crippen molar-refractivity contribution in [2.45, 2.75) is 25.8 Å². The third-order valence-electron chi connectivity index (χ3n) is 3.00. The molecule has 0 bridgehead atoms. The first kappa shape index (κ1) is 15.6. The van der Waals surface area contributed by atoms with Crippen molar-refractivity contribution in [2.75, 3.05) is 6.61 Å². The van der Waals surface area contributed by atoms with Crippen LogP contribution in [0.5, 0.6) is 0 Å². The Morgan fingerprint density at radius 1 is 1.43 bits per heavy atom. The van der Waals surface area contributed by atoms with Crippen LogP contribution in [0.2, 0.25) is 0 Å². The Balaban J connectivity index is 2.02. The molecule has 0 radical (unpaired) electrons. The van der Waals surface area contributed by atoms with Crippen LogP contribution in [0, 0.1) is 5.82 Å². The average molecular weight is 308 g/mol. The Kier molecular flexibility index (Phi) is 5.41. The third kappa shape index (κ3) is 4.34. The van der Waals surface area contributed by atoms with Crippen LogP contribution in [-0.2, 0) is 0 Å². The van der Waals surface area contributed by atoms with Crippen molar-refractivity contribution in [3.05, 3.63) is 41.2 Å². The minimum atomic E-state index is -0.300. The molecule has 1 heterocycles. The van der Waals surface area contributed by atoms with Gasteiger partial charge < -0.3 is 10.4 Å².